The van der Waals surface area contributed by atoms with Crippen LogP contribution in [0.3, 0.4) is 0 Å². The highest BCUT2D eigenvalue weighted by atomic mass is 127. The molecule has 0 aliphatic heterocycles. The smallest absolute Gasteiger partial charge is 0.341 e. The molecule has 26 heavy (non-hydrogen) atoms. The van der Waals surface area contributed by atoms with E-state index in [-0.39, 0.29) is 18.3 Å². The average Bonchev–Trinajstić information content (AvgIpc) is 2.60. The minimum absolute atomic E-state index is 0.0395. The van der Waals surface area contributed by atoms with Crippen molar-refractivity contribution in [3.8, 4) is 5.75 Å². The highest BCUT2D eigenvalue weighted by Crippen LogP contribution is 2.22. The van der Waals surface area contributed by atoms with E-state index >= 15 is 0 Å². The van der Waals surface area contributed by atoms with Crippen molar-refractivity contribution < 1.29 is 19.4 Å². The highest BCUT2D eigenvalue weighted by Gasteiger charge is 2.08. The molecule has 8 heteroatoms. The quantitative estimate of drug-likeness (QED) is 0.269. The molecule has 1 amide bonds. The Bertz CT molecular complexity index is 822. The number of benzene rings is 2. The monoisotopic (exact) mass is 467 g/mol. The molecule has 0 aromatic heterocycles. The van der Waals surface area contributed by atoms with Gasteiger partial charge in [-0.2, -0.15) is 0 Å². The fourth-order valence-corrected chi connectivity index (χ4v) is 2.92. The standard InChI is InChI=1S/C18H18IN3O4/c19-14-9-11(1-6-15(14)26-10-16(23)24)7-8-22-18(25)13-4-2-12(3-5-13)17(20)21/h1-6,9H,7-8,10H2,(H3,20,21)(H,22,25)(H,23,24). The Morgan fingerprint density at radius 3 is 2.38 bits per heavy atom. The number of aliphatic carboxylic acids is 1. The first-order valence-electron chi connectivity index (χ1n) is 7.72. The second-order valence-corrected chi connectivity index (χ2v) is 6.61. The van der Waals surface area contributed by atoms with Gasteiger partial charge in [-0.3, -0.25) is 10.2 Å². The van der Waals surface area contributed by atoms with Crippen LogP contribution in [0.5, 0.6) is 5.75 Å². The number of hydrogen-bond acceptors (Lipinski definition) is 4. The number of nitrogens with two attached hydrogens (primary N) is 1. The van der Waals surface area contributed by atoms with Crippen molar-refractivity contribution in [3.63, 3.8) is 0 Å². The van der Waals surface area contributed by atoms with Crippen LogP contribution in [0.15, 0.2) is 42.5 Å². The number of hydrogen-bond donors (Lipinski definition) is 4. The third kappa shape index (κ3) is 5.73. The molecular weight excluding hydrogens is 449 g/mol. The first-order valence-corrected chi connectivity index (χ1v) is 8.80. The van der Waals surface area contributed by atoms with Crippen LogP contribution >= 0.6 is 22.6 Å². The van der Waals surface area contributed by atoms with Crippen LogP contribution in [-0.4, -0.2) is 36.0 Å². The molecule has 0 unspecified atom stereocenters. The molecule has 7 nitrogen and oxygen atoms in total. The van der Waals surface area contributed by atoms with Crippen LogP contribution in [0.25, 0.3) is 0 Å². The molecule has 0 heterocycles. The van der Waals surface area contributed by atoms with Crippen molar-refractivity contribution in [2.45, 2.75) is 6.42 Å². The van der Waals surface area contributed by atoms with Gasteiger partial charge < -0.3 is 20.9 Å². The Labute approximate surface area is 164 Å². The number of halogens is 1. The zero-order chi connectivity index (χ0) is 19.1. The lowest BCUT2D eigenvalue weighted by Gasteiger charge is -2.09. The number of ether oxygens (including phenoxy) is 1. The van der Waals surface area contributed by atoms with Gasteiger partial charge in [0, 0.05) is 17.7 Å². The summed E-state index contributed by atoms with van der Waals surface area (Å²) in [6, 6.07) is 12.0. The van der Waals surface area contributed by atoms with Crippen LogP contribution in [0.2, 0.25) is 0 Å². The lowest BCUT2D eigenvalue weighted by molar-refractivity contribution is -0.139. The fraction of sp³-hybridized carbons (Fsp3) is 0.167. The van der Waals surface area contributed by atoms with Gasteiger partial charge in [-0.05, 0) is 58.8 Å². The lowest BCUT2D eigenvalue weighted by atomic mass is 10.1. The zero-order valence-corrected chi connectivity index (χ0v) is 15.9. The van der Waals surface area contributed by atoms with E-state index in [9.17, 15) is 9.59 Å². The van der Waals surface area contributed by atoms with E-state index in [4.69, 9.17) is 21.0 Å². The summed E-state index contributed by atoms with van der Waals surface area (Å²) < 4.78 is 5.99. The average molecular weight is 467 g/mol. The minimum atomic E-state index is -1.02. The number of carbonyl (C=O) groups is 2. The summed E-state index contributed by atoms with van der Waals surface area (Å²) in [5, 5.41) is 18.8. The molecule has 0 aliphatic carbocycles. The molecule has 2 aromatic carbocycles. The maximum atomic E-state index is 12.1. The topological polar surface area (TPSA) is 126 Å². The summed E-state index contributed by atoms with van der Waals surface area (Å²) in [4.78, 5) is 22.7. The van der Waals surface area contributed by atoms with Crippen LogP contribution < -0.4 is 15.8 Å². The predicted molar refractivity (Wildman–Crippen MR) is 106 cm³/mol. The van der Waals surface area contributed by atoms with E-state index in [2.05, 4.69) is 27.9 Å². The summed E-state index contributed by atoms with van der Waals surface area (Å²) in [5.41, 5.74) is 7.46. The van der Waals surface area contributed by atoms with Crippen molar-refractivity contribution in [3.05, 3.63) is 62.7 Å². The number of nitrogens with one attached hydrogen (secondary N) is 2. The second-order valence-electron chi connectivity index (χ2n) is 5.44. The minimum Gasteiger partial charge on any atom is -0.481 e. The van der Waals surface area contributed by atoms with E-state index in [0.29, 0.717) is 29.8 Å². The normalized spacial score (nSPS) is 10.2. The highest BCUT2D eigenvalue weighted by molar-refractivity contribution is 14.1. The first-order chi connectivity index (χ1) is 12.4. The molecule has 0 radical (unpaired) electrons. The number of carbonyl (C=O) groups excluding carboxylic acids is 1. The maximum Gasteiger partial charge on any atom is 0.341 e. The molecule has 5 N–H and O–H groups in total. The van der Waals surface area contributed by atoms with Crippen LogP contribution in [0, 0.1) is 8.98 Å². The molecule has 2 rings (SSSR count). The van der Waals surface area contributed by atoms with E-state index in [1.165, 1.54) is 0 Å². The van der Waals surface area contributed by atoms with Crippen LogP contribution in [0.4, 0.5) is 0 Å². The summed E-state index contributed by atoms with van der Waals surface area (Å²) in [6.07, 6.45) is 0.631. The lowest BCUT2D eigenvalue weighted by Crippen LogP contribution is -2.25. The van der Waals surface area contributed by atoms with Crippen molar-refractivity contribution in [1.82, 2.24) is 5.32 Å². The Kier molecular flexibility index (Phi) is 6.96. The van der Waals surface area contributed by atoms with Gasteiger partial charge in [-0.25, -0.2) is 4.79 Å². The van der Waals surface area contributed by atoms with Gasteiger partial charge in [0.1, 0.15) is 11.6 Å². The van der Waals surface area contributed by atoms with Crippen molar-refractivity contribution in [1.29, 1.82) is 5.41 Å². The molecule has 136 valence electrons. The molecule has 0 fully saturated rings. The summed E-state index contributed by atoms with van der Waals surface area (Å²) in [5.74, 6) is -0.742. The fourth-order valence-electron chi connectivity index (χ4n) is 2.18. The van der Waals surface area contributed by atoms with Crippen LogP contribution in [-0.2, 0) is 11.2 Å². The molecule has 0 aliphatic rings. The Hall–Kier alpha value is -2.62. The Morgan fingerprint density at radius 2 is 1.81 bits per heavy atom. The summed E-state index contributed by atoms with van der Waals surface area (Å²) in [7, 11) is 0. The number of carboxylic acids is 1. The van der Waals surface area contributed by atoms with Gasteiger partial charge in [0.05, 0.1) is 3.57 Å². The van der Waals surface area contributed by atoms with Gasteiger partial charge in [-0.1, -0.05) is 18.2 Å². The van der Waals surface area contributed by atoms with Crippen molar-refractivity contribution >= 4 is 40.3 Å². The molecule has 0 saturated heterocycles. The second kappa shape index (κ2) is 9.18. The van der Waals surface area contributed by atoms with Gasteiger partial charge in [0.2, 0.25) is 0 Å². The van der Waals surface area contributed by atoms with E-state index in [0.717, 1.165) is 9.13 Å². The number of nitrogen functional groups attached to an aromatic ring is 1. The third-order valence-corrected chi connectivity index (χ3v) is 4.35. The number of amidine groups is 1. The van der Waals surface area contributed by atoms with Gasteiger partial charge in [0.15, 0.2) is 6.61 Å². The molecule has 0 saturated carbocycles. The Balaban J connectivity index is 1.86. The Morgan fingerprint density at radius 1 is 1.15 bits per heavy atom. The molecule has 0 atom stereocenters. The van der Waals surface area contributed by atoms with E-state index in [1.807, 2.05) is 12.1 Å². The molecule has 0 spiro atoms. The van der Waals surface area contributed by atoms with E-state index < -0.39 is 5.97 Å². The maximum absolute atomic E-state index is 12.1. The van der Waals surface area contributed by atoms with Crippen molar-refractivity contribution in [2.24, 2.45) is 5.73 Å². The number of rotatable bonds is 8. The number of carboxylic acid groups (broad SMARTS) is 1. The first kappa shape index (κ1) is 19.7. The summed E-state index contributed by atoms with van der Waals surface area (Å²) in [6.45, 7) is 0.0759. The predicted octanol–water partition coefficient (Wildman–Crippen LogP) is 2.01. The van der Waals surface area contributed by atoms with Gasteiger partial charge in [-0.15, -0.1) is 0 Å². The summed E-state index contributed by atoms with van der Waals surface area (Å²) >= 11 is 2.08. The van der Waals surface area contributed by atoms with Gasteiger partial charge in [0.25, 0.3) is 5.91 Å². The molecule has 0 bridgehead atoms. The largest absolute Gasteiger partial charge is 0.481 e. The van der Waals surface area contributed by atoms with Crippen molar-refractivity contribution in [2.75, 3.05) is 13.2 Å². The van der Waals surface area contributed by atoms with Crippen LogP contribution in [0.1, 0.15) is 21.5 Å². The third-order valence-electron chi connectivity index (χ3n) is 3.50. The molecule has 2 aromatic rings. The van der Waals surface area contributed by atoms with Gasteiger partial charge >= 0.3 is 5.97 Å². The van der Waals surface area contributed by atoms with E-state index in [1.54, 1.807) is 30.3 Å². The zero-order valence-electron chi connectivity index (χ0n) is 13.8. The SMILES string of the molecule is N=C(N)c1ccc(C(=O)NCCc2ccc(OCC(=O)O)c(I)c2)cc1. The molecular formula is C18H18IN3O4. The number of amides is 1.